The number of unbranched alkanes of at least 4 members (excludes halogenated alkanes) is 3. The van der Waals surface area contributed by atoms with Crippen LogP contribution in [0.2, 0.25) is 0 Å². The topological polar surface area (TPSA) is 38.9 Å². The number of nitrogens with zero attached hydrogens (tertiary/aromatic N) is 2. The van der Waals surface area contributed by atoms with Gasteiger partial charge >= 0.3 is 0 Å². The van der Waals surface area contributed by atoms with Gasteiger partial charge < -0.3 is 4.52 Å². The van der Waals surface area contributed by atoms with Gasteiger partial charge in [0, 0.05) is 24.4 Å². The Bertz CT molecular complexity index is 534. The van der Waals surface area contributed by atoms with Gasteiger partial charge in [-0.05, 0) is 18.6 Å². The van der Waals surface area contributed by atoms with Crippen molar-refractivity contribution in [1.29, 1.82) is 0 Å². The Kier molecular flexibility index (Phi) is 4.54. The van der Waals surface area contributed by atoms with Gasteiger partial charge in [0.1, 0.15) is 12.0 Å². The molecule has 0 aliphatic carbocycles. The maximum atomic E-state index is 5.00. The van der Waals surface area contributed by atoms with E-state index < -0.39 is 0 Å². The second-order valence-corrected chi connectivity index (χ2v) is 4.08. The van der Waals surface area contributed by atoms with Crippen LogP contribution in [0.5, 0.6) is 0 Å². The van der Waals surface area contributed by atoms with Gasteiger partial charge in [0.2, 0.25) is 0 Å². The smallest absolute Gasteiger partial charge is 0.140 e. The standard InChI is InChI=1S/C15H16N2O/c1-2-3-4-5-6-8-14-12-18-17-15(14)13-9-7-10-16-11-13/h7,9-12H,2-5H2,1H3. The summed E-state index contributed by atoms with van der Waals surface area (Å²) in [7, 11) is 0. The quantitative estimate of drug-likeness (QED) is 0.604. The van der Waals surface area contributed by atoms with E-state index in [-0.39, 0.29) is 0 Å². The second-order valence-electron chi connectivity index (χ2n) is 4.08. The average molecular weight is 240 g/mol. The summed E-state index contributed by atoms with van der Waals surface area (Å²) in [6.07, 6.45) is 9.61. The number of rotatable bonds is 4. The van der Waals surface area contributed by atoms with Crippen LogP contribution in [-0.2, 0) is 0 Å². The molecule has 0 fully saturated rings. The predicted molar refractivity (Wildman–Crippen MR) is 70.8 cm³/mol. The van der Waals surface area contributed by atoms with Gasteiger partial charge in [-0.2, -0.15) is 0 Å². The van der Waals surface area contributed by atoms with Gasteiger partial charge in [-0.15, -0.1) is 0 Å². The normalized spacial score (nSPS) is 9.83. The molecule has 0 aliphatic rings. The minimum absolute atomic E-state index is 0.770. The molecule has 0 atom stereocenters. The Morgan fingerprint density at radius 1 is 1.33 bits per heavy atom. The Morgan fingerprint density at radius 2 is 2.28 bits per heavy atom. The van der Waals surface area contributed by atoms with Crippen molar-refractivity contribution in [3.63, 3.8) is 0 Å². The van der Waals surface area contributed by atoms with Crippen molar-refractivity contribution in [3.8, 4) is 23.1 Å². The first-order valence-electron chi connectivity index (χ1n) is 6.25. The maximum Gasteiger partial charge on any atom is 0.140 e. The highest BCUT2D eigenvalue weighted by Gasteiger charge is 2.07. The molecule has 2 heterocycles. The fraction of sp³-hybridized carbons (Fsp3) is 0.333. The molecule has 0 radical (unpaired) electrons. The molecule has 0 unspecified atom stereocenters. The monoisotopic (exact) mass is 240 g/mol. The summed E-state index contributed by atoms with van der Waals surface area (Å²) in [5.74, 6) is 6.28. The van der Waals surface area contributed by atoms with Crippen LogP contribution in [0.4, 0.5) is 0 Å². The SMILES string of the molecule is CCCCCC#Cc1conc1-c1cccnc1. The van der Waals surface area contributed by atoms with E-state index in [1.807, 2.05) is 12.1 Å². The van der Waals surface area contributed by atoms with Gasteiger partial charge in [0.05, 0.1) is 5.56 Å². The van der Waals surface area contributed by atoms with Crippen molar-refractivity contribution in [1.82, 2.24) is 10.1 Å². The van der Waals surface area contributed by atoms with Crippen LogP contribution >= 0.6 is 0 Å². The Hall–Kier alpha value is -2.08. The summed E-state index contributed by atoms with van der Waals surface area (Å²) in [5.41, 5.74) is 2.54. The van der Waals surface area contributed by atoms with Crippen molar-refractivity contribution in [2.75, 3.05) is 0 Å². The van der Waals surface area contributed by atoms with Crippen molar-refractivity contribution in [2.24, 2.45) is 0 Å². The van der Waals surface area contributed by atoms with E-state index in [2.05, 4.69) is 28.9 Å². The maximum absolute atomic E-state index is 5.00. The lowest BCUT2D eigenvalue weighted by atomic mass is 10.1. The summed E-state index contributed by atoms with van der Waals surface area (Å²) in [6.45, 7) is 2.19. The summed E-state index contributed by atoms with van der Waals surface area (Å²) in [5, 5.41) is 3.98. The molecule has 0 aromatic carbocycles. The molecular weight excluding hydrogens is 224 g/mol. The lowest BCUT2D eigenvalue weighted by Gasteiger charge is -1.94. The molecule has 92 valence electrons. The van der Waals surface area contributed by atoms with Crippen LogP contribution in [0.25, 0.3) is 11.3 Å². The molecule has 18 heavy (non-hydrogen) atoms. The molecule has 0 amide bonds. The Labute approximate surface area is 107 Å². The summed E-state index contributed by atoms with van der Waals surface area (Å²) < 4.78 is 5.00. The van der Waals surface area contributed by atoms with Gasteiger partial charge in [0.15, 0.2) is 0 Å². The highest BCUT2D eigenvalue weighted by atomic mass is 16.5. The zero-order chi connectivity index (χ0) is 12.6. The van der Waals surface area contributed by atoms with Crippen LogP contribution < -0.4 is 0 Å². The molecule has 0 saturated carbocycles. The Balaban J connectivity index is 2.09. The van der Waals surface area contributed by atoms with Gasteiger partial charge in [0.25, 0.3) is 0 Å². The fourth-order valence-corrected chi connectivity index (χ4v) is 1.66. The molecule has 2 rings (SSSR count). The van der Waals surface area contributed by atoms with Crippen LogP contribution in [0.1, 0.15) is 38.2 Å². The lowest BCUT2D eigenvalue weighted by Crippen LogP contribution is -1.82. The van der Waals surface area contributed by atoms with Crippen molar-refractivity contribution in [2.45, 2.75) is 32.6 Å². The van der Waals surface area contributed by atoms with E-state index in [4.69, 9.17) is 4.52 Å². The van der Waals surface area contributed by atoms with Crippen molar-refractivity contribution < 1.29 is 4.52 Å². The van der Waals surface area contributed by atoms with E-state index >= 15 is 0 Å². The van der Waals surface area contributed by atoms with Crippen LogP contribution in [0.15, 0.2) is 35.3 Å². The minimum atomic E-state index is 0.770. The molecule has 2 aromatic rings. The van der Waals surface area contributed by atoms with E-state index in [0.29, 0.717) is 0 Å². The van der Waals surface area contributed by atoms with Crippen LogP contribution in [0.3, 0.4) is 0 Å². The first-order chi connectivity index (χ1) is 8.92. The molecule has 0 bridgehead atoms. The fourth-order valence-electron chi connectivity index (χ4n) is 1.66. The third-order valence-electron chi connectivity index (χ3n) is 2.63. The molecule has 3 heteroatoms. The lowest BCUT2D eigenvalue weighted by molar-refractivity contribution is 0.422. The number of pyridine rings is 1. The second kappa shape index (κ2) is 6.61. The summed E-state index contributed by atoms with van der Waals surface area (Å²) >= 11 is 0. The molecular formula is C15H16N2O. The van der Waals surface area contributed by atoms with E-state index in [1.54, 1.807) is 18.7 Å². The van der Waals surface area contributed by atoms with E-state index in [9.17, 15) is 0 Å². The van der Waals surface area contributed by atoms with Crippen LogP contribution in [-0.4, -0.2) is 10.1 Å². The zero-order valence-electron chi connectivity index (χ0n) is 10.5. The molecule has 0 saturated heterocycles. The van der Waals surface area contributed by atoms with Gasteiger partial charge in [-0.1, -0.05) is 36.8 Å². The largest absolute Gasteiger partial charge is 0.363 e. The van der Waals surface area contributed by atoms with Crippen LogP contribution in [0, 0.1) is 11.8 Å². The number of hydrogen-bond donors (Lipinski definition) is 0. The molecule has 2 aromatic heterocycles. The molecule has 3 nitrogen and oxygen atoms in total. The average Bonchev–Trinajstić information content (AvgIpc) is 2.88. The Morgan fingerprint density at radius 3 is 3.06 bits per heavy atom. The first-order valence-corrected chi connectivity index (χ1v) is 6.25. The van der Waals surface area contributed by atoms with Crippen molar-refractivity contribution >= 4 is 0 Å². The highest BCUT2D eigenvalue weighted by Crippen LogP contribution is 2.19. The predicted octanol–water partition coefficient (Wildman–Crippen LogP) is 3.67. The van der Waals surface area contributed by atoms with Gasteiger partial charge in [-0.25, -0.2) is 0 Å². The minimum Gasteiger partial charge on any atom is -0.363 e. The summed E-state index contributed by atoms with van der Waals surface area (Å²) in [6, 6.07) is 3.83. The number of hydrogen-bond acceptors (Lipinski definition) is 3. The van der Waals surface area contributed by atoms with Gasteiger partial charge in [-0.3, -0.25) is 4.98 Å². The van der Waals surface area contributed by atoms with Crippen molar-refractivity contribution in [3.05, 3.63) is 36.4 Å². The first kappa shape index (κ1) is 12.4. The molecule has 0 aliphatic heterocycles. The molecule has 0 N–H and O–H groups in total. The zero-order valence-corrected chi connectivity index (χ0v) is 10.5. The van der Waals surface area contributed by atoms with E-state index in [0.717, 1.165) is 29.7 Å². The molecule has 0 spiro atoms. The third kappa shape index (κ3) is 3.21. The number of aromatic nitrogens is 2. The van der Waals surface area contributed by atoms with E-state index in [1.165, 1.54) is 12.8 Å². The highest BCUT2D eigenvalue weighted by molar-refractivity contribution is 5.65. The summed E-state index contributed by atoms with van der Waals surface area (Å²) in [4.78, 5) is 4.07. The third-order valence-corrected chi connectivity index (χ3v) is 2.63.